The molecule has 0 saturated carbocycles. The number of rotatable bonds is 3. The summed E-state index contributed by atoms with van der Waals surface area (Å²) in [6.07, 6.45) is 1.91. The molecule has 1 aromatic carbocycles. The number of sulfone groups is 1. The molecule has 0 aromatic heterocycles. The number of nitrogens with zero attached hydrogens (tertiary/aromatic N) is 1. The van der Waals surface area contributed by atoms with Gasteiger partial charge in [0.1, 0.15) is 0 Å². The number of benzene rings is 1. The van der Waals surface area contributed by atoms with Gasteiger partial charge in [0.25, 0.3) is 5.91 Å². The molecule has 6 heteroatoms. The van der Waals surface area contributed by atoms with Gasteiger partial charge in [-0.15, -0.1) is 0 Å². The molecule has 1 heterocycles. The third-order valence-electron chi connectivity index (χ3n) is 3.70. The second kappa shape index (κ2) is 5.54. The number of carbonyl (C=O) groups excluding carboxylic acids is 1. The molecule has 0 aliphatic carbocycles. The highest BCUT2D eigenvalue weighted by Gasteiger charge is 2.27. The summed E-state index contributed by atoms with van der Waals surface area (Å²) in [5, 5.41) is 9.12. The largest absolute Gasteiger partial charge is 0.396 e. The van der Waals surface area contributed by atoms with Crippen molar-refractivity contribution in [3.8, 4) is 0 Å². The van der Waals surface area contributed by atoms with E-state index in [1.807, 2.05) is 0 Å². The summed E-state index contributed by atoms with van der Waals surface area (Å²) in [6.45, 7) is 3.00. The fraction of sp³-hybridized carbons (Fsp3) is 0.500. The molecular weight excluding hydrogens is 278 g/mol. The van der Waals surface area contributed by atoms with Gasteiger partial charge in [-0.05, 0) is 31.0 Å². The van der Waals surface area contributed by atoms with Gasteiger partial charge in [-0.25, -0.2) is 8.42 Å². The Morgan fingerprint density at radius 3 is 2.70 bits per heavy atom. The van der Waals surface area contributed by atoms with Crippen molar-refractivity contribution < 1.29 is 18.3 Å². The maximum atomic E-state index is 12.5. The Morgan fingerprint density at radius 2 is 2.15 bits per heavy atom. The van der Waals surface area contributed by atoms with Crippen LogP contribution in [0.2, 0.25) is 0 Å². The number of amides is 1. The topological polar surface area (TPSA) is 74.7 Å². The molecule has 0 radical (unpaired) electrons. The summed E-state index contributed by atoms with van der Waals surface area (Å²) in [6, 6.07) is 4.62. The lowest BCUT2D eigenvalue weighted by atomic mass is 10.1. The van der Waals surface area contributed by atoms with Gasteiger partial charge >= 0.3 is 0 Å². The summed E-state index contributed by atoms with van der Waals surface area (Å²) in [5.74, 6) is -0.0405. The van der Waals surface area contributed by atoms with Gasteiger partial charge in [-0.1, -0.05) is 6.07 Å². The number of aliphatic hydroxyl groups excluding tert-OH is 1. The second-order valence-electron chi connectivity index (χ2n) is 5.34. The van der Waals surface area contributed by atoms with Crippen molar-refractivity contribution in [2.75, 3.05) is 26.0 Å². The van der Waals surface area contributed by atoms with Crippen molar-refractivity contribution >= 4 is 15.7 Å². The van der Waals surface area contributed by atoms with Crippen LogP contribution >= 0.6 is 0 Å². The van der Waals surface area contributed by atoms with E-state index in [4.69, 9.17) is 5.11 Å². The third-order valence-corrected chi connectivity index (χ3v) is 4.81. The van der Waals surface area contributed by atoms with Gasteiger partial charge in [0, 0.05) is 37.4 Å². The number of hydrogen-bond acceptors (Lipinski definition) is 4. The zero-order chi connectivity index (χ0) is 14.9. The summed E-state index contributed by atoms with van der Waals surface area (Å²) in [5.41, 5.74) is 1.18. The van der Waals surface area contributed by atoms with Crippen LogP contribution < -0.4 is 0 Å². The molecule has 1 fully saturated rings. The van der Waals surface area contributed by atoms with E-state index in [2.05, 4.69) is 0 Å². The first-order valence-electron chi connectivity index (χ1n) is 6.53. The number of aryl methyl sites for hydroxylation is 1. The standard InChI is InChI=1S/C14H19NO4S/c1-10-3-4-12(20(2,18)19)7-13(10)14(17)15-6-5-11(8-15)9-16/h3-4,7,11,16H,5-6,8-9H2,1-2H3. The van der Waals surface area contributed by atoms with Crippen LogP contribution in [-0.2, 0) is 9.84 Å². The van der Waals surface area contributed by atoms with Gasteiger partial charge in [0.2, 0.25) is 0 Å². The Morgan fingerprint density at radius 1 is 1.45 bits per heavy atom. The van der Waals surface area contributed by atoms with Crippen molar-refractivity contribution in [1.82, 2.24) is 4.90 Å². The number of hydrogen-bond donors (Lipinski definition) is 1. The number of likely N-dealkylation sites (tertiary alicyclic amines) is 1. The SMILES string of the molecule is Cc1ccc(S(C)(=O)=O)cc1C(=O)N1CCC(CO)C1. The Hall–Kier alpha value is -1.40. The molecule has 5 nitrogen and oxygen atoms in total. The van der Waals surface area contributed by atoms with Crippen LogP contribution in [0.4, 0.5) is 0 Å². The molecule has 2 rings (SSSR count). The first kappa shape index (κ1) is 15.0. The predicted molar refractivity (Wildman–Crippen MR) is 75.4 cm³/mol. The Bertz CT molecular complexity index is 624. The van der Waals surface area contributed by atoms with Crippen LogP contribution in [0.1, 0.15) is 22.3 Å². The minimum Gasteiger partial charge on any atom is -0.396 e. The smallest absolute Gasteiger partial charge is 0.254 e. The molecule has 20 heavy (non-hydrogen) atoms. The number of aliphatic hydroxyl groups is 1. The lowest BCUT2D eigenvalue weighted by molar-refractivity contribution is 0.0781. The molecule has 0 spiro atoms. The van der Waals surface area contributed by atoms with Crippen LogP contribution in [-0.4, -0.2) is 50.3 Å². The Kier molecular flexibility index (Phi) is 4.15. The van der Waals surface area contributed by atoms with Gasteiger partial charge in [-0.3, -0.25) is 4.79 Å². The molecule has 1 aliphatic heterocycles. The fourth-order valence-electron chi connectivity index (χ4n) is 2.40. The average molecular weight is 297 g/mol. The zero-order valence-electron chi connectivity index (χ0n) is 11.7. The monoisotopic (exact) mass is 297 g/mol. The van der Waals surface area contributed by atoms with Crippen LogP contribution in [0.15, 0.2) is 23.1 Å². The van der Waals surface area contributed by atoms with Crippen LogP contribution in [0.25, 0.3) is 0 Å². The predicted octanol–water partition coefficient (Wildman–Crippen LogP) is 0.853. The van der Waals surface area contributed by atoms with Gasteiger partial charge < -0.3 is 10.0 Å². The maximum Gasteiger partial charge on any atom is 0.254 e. The minimum absolute atomic E-state index is 0.0755. The van der Waals surface area contributed by atoms with Gasteiger partial charge in [0.15, 0.2) is 9.84 Å². The highest BCUT2D eigenvalue weighted by atomic mass is 32.2. The molecule has 1 amide bonds. The molecule has 1 aromatic rings. The Labute approximate surface area is 119 Å². The van der Waals surface area contributed by atoms with Crippen LogP contribution in [0, 0.1) is 12.8 Å². The molecule has 1 saturated heterocycles. The van der Waals surface area contributed by atoms with Crippen molar-refractivity contribution in [3.63, 3.8) is 0 Å². The lowest BCUT2D eigenvalue weighted by Gasteiger charge is -2.18. The minimum atomic E-state index is -3.33. The molecule has 110 valence electrons. The number of carbonyl (C=O) groups is 1. The molecule has 1 unspecified atom stereocenters. The highest BCUT2D eigenvalue weighted by molar-refractivity contribution is 7.90. The molecular formula is C14H19NO4S. The quantitative estimate of drug-likeness (QED) is 0.897. The van der Waals surface area contributed by atoms with Crippen LogP contribution in [0.5, 0.6) is 0 Å². The lowest BCUT2D eigenvalue weighted by Crippen LogP contribution is -2.29. The summed E-state index contributed by atoms with van der Waals surface area (Å²) in [4.78, 5) is 14.3. The van der Waals surface area contributed by atoms with Crippen molar-refractivity contribution in [3.05, 3.63) is 29.3 Å². The normalized spacial score (nSPS) is 19.4. The first-order chi connectivity index (χ1) is 9.32. The van der Waals surface area contributed by atoms with E-state index in [-0.39, 0.29) is 23.3 Å². The third kappa shape index (κ3) is 3.02. The van der Waals surface area contributed by atoms with Crippen molar-refractivity contribution in [2.45, 2.75) is 18.2 Å². The summed E-state index contributed by atoms with van der Waals surface area (Å²) in [7, 11) is -3.33. The van der Waals surface area contributed by atoms with E-state index in [1.54, 1.807) is 17.9 Å². The van der Waals surface area contributed by atoms with E-state index in [0.717, 1.165) is 18.2 Å². The molecule has 1 atom stereocenters. The molecule has 0 bridgehead atoms. The zero-order valence-corrected chi connectivity index (χ0v) is 12.5. The summed E-state index contributed by atoms with van der Waals surface area (Å²) >= 11 is 0. The highest BCUT2D eigenvalue weighted by Crippen LogP contribution is 2.22. The van der Waals surface area contributed by atoms with Crippen LogP contribution in [0.3, 0.4) is 0 Å². The van der Waals surface area contributed by atoms with E-state index in [0.29, 0.717) is 18.7 Å². The van der Waals surface area contributed by atoms with E-state index in [9.17, 15) is 13.2 Å². The maximum absolute atomic E-state index is 12.5. The van der Waals surface area contributed by atoms with Gasteiger partial charge in [-0.2, -0.15) is 0 Å². The second-order valence-corrected chi connectivity index (χ2v) is 7.35. The summed E-state index contributed by atoms with van der Waals surface area (Å²) < 4.78 is 23.2. The molecule has 1 aliphatic rings. The van der Waals surface area contributed by atoms with E-state index < -0.39 is 9.84 Å². The van der Waals surface area contributed by atoms with E-state index >= 15 is 0 Å². The van der Waals surface area contributed by atoms with E-state index in [1.165, 1.54) is 12.1 Å². The Balaban J connectivity index is 2.30. The average Bonchev–Trinajstić information content (AvgIpc) is 2.86. The first-order valence-corrected chi connectivity index (χ1v) is 8.43. The molecule has 1 N–H and O–H groups in total. The fourth-order valence-corrected chi connectivity index (χ4v) is 3.05. The van der Waals surface area contributed by atoms with Crippen molar-refractivity contribution in [2.24, 2.45) is 5.92 Å². The van der Waals surface area contributed by atoms with Gasteiger partial charge in [0.05, 0.1) is 4.90 Å². The van der Waals surface area contributed by atoms with Crippen molar-refractivity contribution in [1.29, 1.82) is 0 Å².